The molecule has 0 aliphatic rings. The number of nitrogens with two attached hydrogens (primary N) is 1. The second kappa shape index (κ2) is 5.54. The summed E-state index contributed by atoms with van der Waals surface area (Å²) in [5, 5.41) is 15.6. The molecule has 1 rings (SSSR count). The highest BCUT2D eigenvalue weighted by Gasteiger charge is 2.20. The Labute approximate surface area is 96.0 Å². The smallest absolute Gasteiger partial charge is 0.323 e. The number of hydrogen-bond acceptors (Lipinski definition) is 5. The molecule has 0 unspecified atom stereocenters. The third-order valence-corrected chi connectivity index (χ3v) is 1.79. The first-order valence-corrected chi connectivity index (χ1v) is 4.56. The third-order valence-electron chi connectivity index (χ3n) is 1.79. The molecule has 0 fully saturated rings. The Balaban J connectivity index is 2.86. The summed E-state index contributed by atoms with van der Waals surface area (Å²) in [7, 11) is 0. The summed E-state index contributed by atoms with van der Waals surface area (Å²) in [5.74, 6) is -2.66. The quantitative estimate of drug-likeness (QED) is 0.642. The van der Waals surface area contributed by atoms with Gasteiger partial charge >= 0.3 is 5.97 Å². The summed E-state index contributed by atoms with van der Waals surface area (Å²) in [6, 6.07) is 1.37. The maximum absolute atomic E-state index is 11.8. The highest BCUT2D eigenvalue weighted by molar-refractivity contribution is 5.97. The van der Waals surface area contributed by atoms with Crippen molar-refractivity contribution in [1.29, 1.82) is 0 Å². The monoisotopic (exact) mass is 238 g/mol. The lowest BCUT2D eigenvalue weighted by Gasteiger charge is -2.18. The van der Waals surface area contributed by atoms with Gasteiger partial charge in [-0.05, 0) is 6.07 Å². The Morgan fingerprint density at radius 3 is 2.47 bits per heavy atom. The van der Waals surface area contributed by atoms with E-state index >= 15 is 0 Å². The molecule has 1 aromatic heterocycles. The van der Waals surface area contributed by atoms with Crippen LogP contribution in [-0.2, 0) is 9.59 Å². The van der Waals surface area contributed by atoms with E-state index in [4.69, 9.17) is 10.8 Å². The molecule has 3 N–H and O–H groups in total. The van der Waals surface area contributed by atoms with Gasteiger partial charge in [0.25, 0.3) is 5.91 Å². The largest absolute Gasteiger partial charge is 0.480 e. The zero-order chi connectivity index (χ0) is 12.8. The van der Waals surface area contributed by atoms with E-state index in [-0.39, 0.29) is 5.56 Å². The molecule has 17 heavy (non-hydrogen) atoms. The molecule has 1 aromatic rings. The topological polar surface area (TPSA) is 126 Å². The number of aliphatic carboxylic acids is 1. The standard InChI is InChI=1S/C9H10N4O4/c10-7(14)4-13(5-8(15)16)9(17)6-1-2-11-12-3-6/h1-3H,4-5H2,(H2,10,14)(H,15,16). The number of carboxylic acids is 1. The van der Waals surface area contributed by atoms with Crippen molar-refractivity contribution in [3.8, 4) is 0 Å². The van der Waals surface area contributed by atoms with Crippen LogP contribution in [0.1, 0.15) is 10.4 Å². The highest BCUT2D eigenvalue weighted by atomic mass is 16.4. The van der Waals surface area contributed by atoms with E-state index in [9.17, 15) is 14.4 Å². The highest BCUT2D eigenvalue weighted by Crippen LogP contribution is 2.01. The molecule has 0 atom stereocenters. The summed E-state index contributed by atoms with van der Waals surface area (Å²) < 4.78 is 0. The van der Waals surface area contributed by atoms with Crippen molar-refractivity contribution in [2.45, 2.75) is 0 Å². The van der Waals surface area contributed by atoms with E-state index in [1.165, 1.54) is 18.5 Å². The Kier molecular flexibility index (Phi) is 4.09. The number of hydrogen-bond donors (Lipinski definition) is 2. The second-order valence-corrected chi connectivity index (χ2v) is 3.15. The molecular formula is C9H10N4O4. The van der Waals surface area contributed by atoms with Gasteiger partial charge < -0.3 is 15.7 Å². The molecule has 90 valence electrons. The zero-order valence-corrected chi connectivity index (χ0v) is 8.74. The first-order valence-electron chi connectivity index (χ1n) is 4.56. The normalized spacial score (nSPS) is 9.65. The molecule has 0 saturated carbocycles. The molecule has 8 nitrogen and oxygen atoms in total. The van der Waals surface area contributed by atoms with Crippen LogP contribution in [0.25, 0.3) is 0 Å². The van der Waals surface area contributed by atoms with Crippen LogP contribution in [0, 0.1) is 0 Å². The van der Waals surface area contributed by atoms with Crippen molar-refractivity contribution in [1.82, 2.24) is 15.1 Å². The van der Waals surface area contributed by atoms with Gasteiger partial charge in [-0.1, -0.05) is 0 Å². The number of carboxylic acid groups (broad SMARTS) is 1. The van der Waals surface area contributed by atoms with E-state index in [0.29, 0.717) is 0 Å². The van der Waals surface area contributed by atoms with E-state index < -0.39 is 30.9 Å². The van der Waals surface area contributed by atoms with Crippen molar-refractivity contribution >= 4 is 17.8 Å². The van der Waals surface area contributed by atoms with Crippen LogP contribution in [0.15, 0.2) is 18.5 Å². The zero-order valence-electron chi connectivity index (χ0n) is 8.74. The maximum atomic E-state index is 11.8. The van der Waals surface area contributed by atoms with Gasteiger partial charge in [0.1, 0.15) is 13.1 Å². The summed E-state index contributed by atoms with van der Waals surface area (Å²) in [5.41, 5.74) is 5.07. The van der Waals surface area contributed by atoms with Gasteiger partial charge in [-0.15, -0.1) is 0 Å². The minimum absolute atomic E-state index is 0.141. The SMILES string of the molecule is NC(=O)CN(CC(=O)O)C(=O)c1ccnnc1. The average molecular weight is 238 g/mol. The number of primary amides is 1. The molecule has 0 aliphatic carbocycles. The van der Waals surface area contributed by atoms with Crippen LogP contribution in [0.4, 0.5) is 0 Å². The Bertz CT molecular complexity index is 418. The number of aromatic nitrogens is 2. The predicted octanol–water partition coefficient (Wildman–Crippen LogP) is -1.51. The first kappa shape index (κ1) is 12.6. The summed E-state index contributed by atoms with van der Waals surface area (Å²) in [4.78, 5) is 33.9. The fourth-order valence-corrected chi connectivity index (χ4v) is 1.15. The lowest BCUT2D eigenvalue weighted by atomic mass is 10.2. The van der Waals surface area contributed by atoms with Crippen molar-refractivity contribution in [2.24, 2.45) is 5.73 Å². The van der Waals surface area contributed by atoms with Crippen LogP contribution in [0.2, 0.25) is 0 Å². The van der Waals surface area contributed by atoms with Crippen molar-refractivity contribution in [3.63, 3.8) is 0 Å². The molecule has 0 bridgehead atoms. The third kappa shape index (κ3) is 3.86. The fourth-order valence-electron chi connectivity index (χ4n) is 1.15. The Morgan fingerprint density at radius 1 is 1.29 bits per heavy atom. The van der Waals surface area contributed by atoms with Gasteiger partial charge in [0, 0.05) is 0 Å². The van der Waals surface area contributed by atoms with E-state index in [2.05, 4.69) is 10.2 Å². The van der Waals surface area contributed by atoms with Crippen LogP contribution in [0.5, 0.6) is 0 Å². The Hall–Kier alpha value is -2.51. The van der Waals surface area contributed by atoms with Crippen LogP contribution >= 0.6 is 0 Å². The summed E-state index contributed by atoms with van der Waals surface area (Å²) in [6.07, 6.45) is 2.47. The first-order chi connectivity index (χ1) is 8.00. The lowest BCUT2D eigenvalue weighted by molar-refractivity contribution is -0.138. The molecule has 8 heteroatoms. The van der Waals surface area contributed by atoms with Crippen LogP contribution < -0.4 is 5.73 Å². The van der Waals surface area contributed by atoms with Gasteiger partial charge in [0.2, 0.25) is 5.91 Å². The maximum Gasteiger partial charge on any atom is 0.323 e. The molecule has 0 saturated heterocycles. The fraction of sp³-hybridized carbons (Fsp3) is 0.222. The minimum Gasteiger partial charge on any atom is -0.480 e. The minimum atomic E-state index is -1.23. The summed E-state index contributed by atoms with van der Waals surface area (Å²) >= 11 is 0. The molecule has 0 spiro atoms. The van der Waals surface area contributed by atoms with Gasteiger partial charge in [0.05, 0.1) is 18.0 Å². The second-order valence-electron chi connectivity index (χ2n) is 3.15. The molecule has 2 amide bonds. The van der Waals surface area contributed by atoms with Crippen LogP contribution in [0.3, 0.4) is 0 Å². The van der Waals surface area contributed by atoms with Gasteiger partial charge in [-0.25, -0.2) is 0 Å². The number of rotatable bonds is 5. The van der Waals surface area contributed by atoms with E-state index in [1.807, 2.05) is 0 Å². The van der Waals surface area contributed by atoms with Crippen LogP contribution in [-0.4, -0.2) is 51.1 Å². The molecule has 0 aromatic carbocycles. The van der Waals surface area contributed by atoms with E-state index in [1.54, 1.807) is 0 Å². The molecule has 0 aliphatic heterocycles. The number of nitrogens with zero attached hydrogens (tertiary/aromatic N) is 3. The Morgan fingerprint density at radius 2 is 2.00 bits per heavy atom. The summed E-state index contributed by atoms with van der Waals surface area (Å²) in [6.45, 7) is -1.07. The van der Waals surface area contributed by atoms with Crippen molar-refractivity contribution in [2.75, 3.05) is 13.1 Å². The van der Waals surface area contributed by atoms with Gasteiger partial charge in [-0.3, -0.25) is 14.4 Å². The molecular weight excluding hydrogens is 228 g/mol. The number of carbonyl (C=O) groups is 3. The average Bonchev–Trinajstić information content (AvgIpc) is 2.27. The molecule has 0 radical (unpaired) electrons. The van der Waals surface area contributed by atoms with Crippen molar-refractivity contribution < 1.29 is 19.5 Å². The number of carbonyl (C=O) groups excluding carboxylic acids is 2. The van der Waals surface area contributed by atoms with Crippen molar-refractivity contribution in [3.05, 3.63) is 24.0 Å². The number of amides is 2. The predicted molar refractivity (Wildman–Crippen MR) is 54.8 cm³/mol. The van der Waals surface area contributed by atoms with E-state index in [0.717, 1.165) is 4.90 Å². The van der Waals surface area contributed by atoms with Gasteiger partial charge in [0.15, 0.2) is 0 Å². The lowest BCUT2D eigenvalue weighted by Crippen LogP contribution is -2.41. The molecule has 1 heterocycles. The van der Waals surface area contributed by atoms with Gasteiger partial charge in [-0.2, -0.15) is 10.2 Å².